The third-order valence-electron chi connectivity index (χ3n) is 7.05. The lowest BCUT2D eigenvalue weighted by atomic mass is 10.1. The standard InChI is InChI=1S/C33H56N4O.BrH/c1-2-3-4-5-6-7-8-9-10-11-12-13-14-15-16-17-18-19-20-21-22-23-25-33(38)35-27-24-28-36-30-31-37(32-36)29-26-34;/h13-16,30-32H,2-12,17-25,27-29H2,1H3;1H. The molecule has 6 heteroatoms. The minimum atomic E-state index is 0. The fraction of sp³-hybridized carbons (Fsp3) is 0.727. The summed E-state index contributed by atoms with van der Waals surface area (Å²) in [5.41, 5.74) is 0. The van der Waals surface area contributed by atoms with Crippen LogP contribution in [-0.4, -0.2) is 17.0 Å². The number of imidazole rings is 1. The van der Waals surface area contributed by atoms with E-state index in [1.165, 1.54) is 103 Å². The Morgan fingerprint density at radius 2 is 1.36 bits per heavy atom. The van der Waals surface area contributed by atoms with Gasteiger partial charge in [0.2, 0.25) is 12.2 Å². The molecule has 1 aromatic rings. The molecule has 1 N–H and O–H groups in total. The van der Waals surface area contributed by atoms with Gasteiger partial charge in [0, 0.05) is 19.4 Å². The van der Waals surface area contributed by atoms with E-state index in [1.54, 1.807) is 0 Å². The zero-order valence-electron chi connectivity index (χ0n) is 24.9. The fourth-order valence-corrected chi connectivity index (χ4v) is 4.68. The second-order valence-electron chi connectivity index (χ2n) is 10.7. The van der Waals surface area contributed by atoms with Gasteiger partial charge in [0.1, 0.15) is 18.5 Å². The van der Waals surface area contributed by atoms with E-state index in [-0.39, 0.29) is 22.9 Å². The van der Waals surface area contributed by atoms with E-state index in [9.17, 15) is 4.79 Å². The van der Waals surface area contributed by atoms with Crippen LogP contribution in [0.25, 0.3) is 0 Å². The number of hydrogen-bond acceptors (Lipinski definition) is 2. The van der Waals surface area contributed by atoms with Crippen molar-refractivity contribution in [1.29, 1.82) is 5.26 Å². The van der Waals surface area contributed by atoms with Crippen molar-refractivity contribution in [2.45, 2.75) is 148 Å². The first-order valence-corrected chi connectivity index (χ1v) is 15.8. The molecule has 5 nitrogen and oxygen atoms in total. The van der Waals surface area contributed by atoms with Gasteiger partial charge in [-0.1, -0.05) is 115 Å². The van der Waals surface area contributed by atoms with E-state index in [1.807, 2.05) is 23.3 Å². The first-order chi connectivity index (χ1) is 18.8. The molecule has 0 fully saturated rings. The number of aromatic nitrogens is 2. The molecule has 39 heavy (non-hydrogen) atoms. The molecule has 0 unspecified atom stereocenters. The van der Waals surface area contributed by atoms with Crippen molar-refractivity contribution in [2.24, 2.45) is 0 Å². The van der Waals surface area contributed by atoms with Crippen molar-refractivity contribution in [3.05, 3.63) is 43.0 Å². The molecule has 0 aliphatic heterocycles. The van der Waals surface area contributed by atoms with E-state index in [0.717, 1.165) is 25.8 Å². The van der Waals surface area contributed by atoms with Crippen molar-refractivity contribution in [1.82, 2.24) is 9.88 Å². The van der Waals surface area contributed by atoms with Gasteiger partial charge in [-0.3, -0.25) is 4.79 Å². The maximum atomic E-state index is 12.0. The number of allylic oxidation sites excluding steroid dienone is 4. The summed E-state index contributed by atoms with van der Waals surface area (Å²) in [6, 6.07) is 2.13. The molecular weight excluding hydrogens is 548 g/mol. The Morgan fingerprint density at radius 1 is 0.821 bits per heavy atom. The van der Waals surface area contributed by atoms with E-state index in [0.29, 0.717) is 19.5 Å². The molecule has 1 rings (SSSR count). The minimum Gasteiger partial charge on any atom is -1.00 e. The molecular formula is C33H57BrN4O. The van der Waals surface area contributed by atoms with Gasteiger partial charge in [0.25, 0.3) is 0 Å². The van der Waals surface area contributed by atoms with E-state index < -0.39 is 0 Å². The maximum Gasteiger partial charge on any atom is 0.244 e. The van der Waals surface area contributed by atoms with E-state index in [4.69, 9.17) is 5.26 Å². The Kier molecular flexibility index (Phi) is 27.7. The predicted molar refractivity (Wildman–Crippen MR) is 160 cm³/mol. The lowest BCUT2D eigenvalue weighted by Crippen LogP contribution is -3.00. The van der Waals surface area contributed by atoms with E-state index in [2.05, 4.69) is 47.2 Å². The first kappa shape index (κ1) is 37.1. The molecule has 1 heterocycles. The lowest BCUT2D eigenvalue weighted by Gasteiger charge is -2.04. The summed E-state index contributed by atoms with van der Waals surface area (Å²) in [7, 11) is 0. The van der Waals surface area contributed by atoms with Crippen molar-refractivity contribution in [3.63, 3.8) is 0 Å². The average molecular weight is 606 g/mol. The third kappa shape index (κ3) is 24.9. The van der Waals surface area contributed by atoms with Crippen molar-refractivity contribution >= 4 is 5.91 Å². The van der Waals surface area contributed by atoms with Gasteiger partial charge in [0.05, 0.1) is 6.54 Å². The summed E-state index contributed by atoms with van der Waals surface area (Å²) in [5, 5.41) is 11.7. The zero-order chi connectivity index (χ0) is 27.4. The molecule has 0 aliphatic carbocycles. The Morgan fingerprint density at radius 3 is 1.92 bits per heavy atom. The number of rotatable bonds is 26. The number of aryl methyl sites for hydroxylation is 1. The Bertz CT molecular complexity index is 781. The largest absolute Gasteiger partial charge is 1.00 e. The van der Waals surface area contributed by atoms with Gasteiger partial charge in [-0.2, -0.15) is 5.26 Å². The van der Waals surface area contributed by atoms with Crippen molar-refractivity contribution < 1.29 is 26.3 Å². The van der Waals surface area contributed by atoms with Crippen LogP contribution in [-0.2, 0) is 17.9 Å². The Hall–Kier alpha value is -1.87. The van der Waals surface area contributed by atoms with Crippen LogP contribution in [0.2, 0.25) is 0 Å². The number of carbonyl (C=O) groups excluding carboxylic acids is 1. The second-order valence-corrected chi connectivity index (χ2v) is 10.7. The quantitative estimate of drug-likeness (QED) is 0.0879. The predicted octanol–water partition coefficient (Wildman–Crippen LogP) is 5.35. The summed E-state index contributed by atoms with van der Waals surface area (Å²) in [4.78, 5) is 12.0. The molecule has 0 spiro atoms. The summed E-state index contributed by atoms with van der Waals surface area (Å²) < 4.78 is 3.91. The molecule has 0 bridgehead atoms. The summed E-state index contributed by atoms with van der Waals surface area (Å²) in [6.45, 7) is 4.21. The van der Waals surface area contributed by atoms with Gasteiger partial charge in [-0.15, -0.1) is 0 Å². The number of carbonyl (C=O) groups is 1. The molecule has 0 saturated heterocycles. The number of unbranched alkanes of at least 4 members (excludes halogenated alkanes) is 16. The van der Waals surface area contributed by atoms with Crippen LogP contribution < -0.4 is 26.9 Å². The summed E-state index contributed by atoms with van der Waals surface area (Å²) in [5.74, 6) is 0.170. The lowest BCUT2D eigenvalue weighted by molar-refractivity contribution is -0.696. The number of nitrogens with zero attached hydrogens (tertiary/aromatic N) is 3. The molecule has 1 aromatic heterocycles. The number of nitrogens with one attached hydrogen (secondary N) is 1. The molecule has 1 amide bonds. The maximum absolute atomic E-state index is 12.0. The molecule has 0 atom stereocenters. The van der Waals surface area contributed by atoms with Gasteiger partial charge >= 0.3 is 0 Å². The monoisotopic (exact) mass is 604 g/mol. The topological polar surface area (TPSA) is 61.7 Å². The highest BCUT2D eigenvalue weighted by atomic mass is 79.9. The zero-order valence-corrected chi connectivity index (χ0v) is 26.5. The highest BCUT2D eigenvalue weighted by Gasteiger charge is 2.04. The van der Waals surface area contributed by atoms with Gasteiger partial charge in [-0.05, 0) is 32.1 Å². The van der Waals surface area contributed by atoms with Crippen LogP contribution in [0.15, 0.2) is 43.0 Å². The Balaban J connectivity index is 0.0000144. The Labute approximate surface area is 250 Å². The highest BCUT2D eigenvalue weighted by molar-refractivity contribution is 5.75. The van der Waals surface area contributed by atoms with Crippen molar-refractivity contribution in [2.75, 3.05) is 6.54 Å². The number of amides is 1. The third-order valence-corrected chi connectivity index (χ3v) is 7.05. The van der Waals surface area contributed by atoms with Crippen LogP contribution >= 0.6 is 0 Å². The molecule has 0 aliphatic rings. The fourth-order valence-electron chi connectivity index (χ4n) is 4.68. The number of hydrogen-bond donors (Lipinski definition) is 1. The van der Waals surface area contributed by atoms with Gasteiger partial charge < -0.3 is 22.3 Å². The van der Waals surface area contributed by atoms with Crippen LogP contribution in [0.3, 0.4) is 0 Å². The smallest absolute Gasteiger partial charge is 0.244 e. The van der Waals surface area contributed by atoms with Gasteiger partial charge in [0.15, 0.2) is 6.54 Å². The summed E-state index contributed by atoms with van der Waals surface area (Å²) >= 11 is 0. The number of halogens is 1. The van der Waals surface area contributed by atoms with Crippen LogP contribution in [0.1, 0.15) is 135 Å². The molecule has 0 radical (unpaired) electrons. The van der Waals surface area contributed by atoms with Crippen LogP contribution in [0, 0.1) is 11.3 Å². The summed E-state index contributed by atoms with van der Waals surface area (Å²) in [6.07, 6.45) is 40.0. The first-order valence-electron chi connectivity index (χ1n) is 15.8. The van der Waals surface area contributed by atoms with Gasteiger partial charge in [-0.25, -0.2) is 9.13 Å². The number of nitriles is 1. The average Bonchev–Trinajstić information content (AvgIpc) is 3.37. The van der Waals surface area contributed by atoms with Crippen molar-refractivity contribution in [3.8, 4) is 6.07 Å². The van der Waals surface area contributed by atoms with Crippen LogP contribution in [0.5, 0.6) is 0 Å². The normalized spacial score (nSPS) is 11.2. The SMILES string of the molecule is CCCCCCCCCCCCC=CC=CCCCCCCCCC(=O)NCCC[n+]1ccn(CC#N)c1.[Br-]. The second kappa shape index (κ2) is 29.1. The molecule has 0 saturated carbocycles. The van der Waals surface area contributed by atoms with E-state index >= 15 is 0 Å². The molecule has 222 valence electrons. The van der Waals surface area contributed by atoms with Crippen LogP contribution in [0.4, 0.5) is 0 Å². The minimum absolute atomic E-state index is 0. The highest BCUT2D eigenvalue weighted by Crippen LogP contribution is 2.12. The molecule has 0 aromatic carbocycles.